The Morgan fingerprint density at radius 3 is 2.09 bits per heavy atom. The fourth-order valence-corrected chi connectivity index (χ4v) is 3.14. The smallest absolute Gasteiger partial charge is 0.261 e. The van der Waals surface area contributed by atoms with E-state index < -0.39 is 10.0 Å². The molecule has 110 valence electrons. The van der Waals surface area contributed by atoms with Crippen LogP contribution in [0.5, 0.6) is 0 Å². The first-order valence-corrected chi connectivity index (χ1v) is 8.22. The highest BCUT2D eigenvalue weighted by molar-refractivity contribution is 7.92. The van der Waals surface area contributed by atoms with Gasteiger partial charge in [-0.1, -0.05) is 42.5 Å². The van der Waals surface area contributed by atoms with Crippen molar-refractivity contribution in [1.29, 1.82) is 0 Å². The lowest BCUT2D eigenvalue weighted by molar-refractivity contribution is 0.601. The molecule has 2 aromatic carbocycles. The number of pyridine rings is 1. The molecule has 0 aliphatic carbocycles. The SMILES string of the molecule is O=S(=O)(Nc1cccnc1)c1ccc(-c2ccccc2)cc1. The van der Waals surface area contributed by atoms with Gasteiger partial charge in [0, 0.05) is 6.20 Å². The van der Waals surface area contributed by atoms with Crippen molar-refractivity contribution >= 4 is 15.7 Å². The topological polar surface area (TPSA) is 59.1 Å². The van der Waals surface area contributed by atoms with Gasteiger partial charge in [0.15, 0.2) is 0 Å². The van der Waals surface area contributed by atoms with Gasteiger partial charge in [0.05, 0.1) is 16.8 Å². The lowest BCUT2D eigenvalue weighted by Crippen LogP contribution is -2.12. The zero-order valence-electron chi connectivity index (χ0n) is 11.7. The predicted molar refractivity (Wildman–Crippen MR) is 86.9 cm³/mol. The van der Waals surface area contributed by atoms with Crippen molar-refractivity contribution in [3.63, 3.8) is 0 Å². The van der Waals surface area contributed by atoms with Crippen LogP contribution in [0.3, 0.4) is 0 Å². The third-order valence-electron chi connectivity index (χ3n) is 3.19. The average molecular weight is 310 g/mol. The molecule has 0 amide bonds. The summed E-state index contributed by atoms with van der Waals surface area (Å²) in [5, 5.41) is 0. The standard InChI is InChI=1S/C17H14N2O2S/c20-22(21,19-16-7-4-12-18-13-16)17-10-8-15(9-11-17)14-5-2-1-3-6-14/h1-13,19H. The zero-order valence-corrected chi connectivity index (χ0v) is 12.5. The van der Waals surface area contributed by atoms with Crippen molar-refractivity contribution in [2.75, 3.05) is 4.72 Å². The second-order valence-electron chi connectivity index (χ2n) is 4.74. The minimum Gasteiger partial charge on any atom is -0.278 e. The van der Waals surface area contributed by atoms with Crippen molar-refractivity contribution in [2.24, 2.45) is 0 Å². The molecule has 1 heterocycles. The van der Waals surface area contributed by atoms with Gasteiger partial charge < -0.3 is 0 Å². The second kappa shape index (κ2) is 5.99. The number of hydrogen-bond donors (Lipinski definition) is 1. The first kappa shape index (κ1) is 14.3. The molecule has 0 saturated carbocycles. The summed E-state index contributed by atoms with van der Waals surface area (Å²) in [5.74, 6) is 0. The van der Waals surface area contributed by atoms with E-state index in [1.807, 2.05) is 30.3 Å². The van der Waals surface area contributed by atoms with Gasteiger partial charge in [-0.3, -0.25) is 9.71 Å². The molecule has 0 unspecified atom stereocenters. The summed E-state index contributed by atoms with van der Waals surface area (Å²) >= 11 is 0. The zero-order chi connectivity index (χ0) is 15.4. The van der Waals surface area contributed by atoms with E-state index in [0.717, 1.165) is 11.1 Å². The Hall–Kier alpha value is -2.66. The van der Waals surface area contributed by atoms with Crippen LogP contribution in [0.25, 0.3) is 11.1 Å². The van der Waals surface area contributed by atoms with E-state index in [9.17, 15) is 8.42 Å². The van der Waals surface area contributed by atoms with Crippen LogP contribution in [-0.4, -0.2) is 13.4 Å². The van der Waals surface area contributed by atoms with Gasteiger partial charge >= 0.3 is 0 Å². The molecular weight excluding hydrogens is 296 g/mol. The Morgan fingerprint density at radius 2 is 1.45 bits per heavy atom. The number of rotatable bonds is 4. The third kappa shape index (κ3) is 3.15. The molecule has 3 rings (SSSR count). The molecule has 1 aromatic heterocycles. The third-order valence-corrected chi connectivity index (χ3v) is 4.58. The summed E-state index contributed by atoms with van der Waals surface area (Å²) in [4.78, 5) is 4.11. The van der Waals surface area contributed by atoms with Gasteiger partial charge in [0.25, 0.3) is 10.0 Å². The van der Waals surface area contributed by atoms with E-state index in [2.05, 4.69) is 9.71 Å². The van der Waals surface area contributed by atoms with Crippen LogP contribution in [0.4, 0.5) is 5.69 Å². The fraction of sp³-hybridized carbons (Fsp3) is 0. The van der Waals surface area contributed by atoms with Crippen molar-refractivity contribution in [2.45, 2.75) is 4.90 Å². The lowest BCUT2D eigenvalue weighted by Gasteiger charge is -2.08. The molecule has 0 aliphatic heterocycles. The van der Waals surface area contributed by atoms with E-state index in [0.29, 0.717) is 5.69 Å². The molecule has 0 fully saturated rings. The number of nitrogens with one attached hydrogen (secondary N) is 1. The van der Waals surface area contributed by atoms with Crippen molar-refractivity contribution < 1.29 is 8.42 Å². The van der Waals surface area contributed by atoms with E-state index in [-0.39, 0.29) is 4.90 Å². The highest BCUT2D eigenvalue weighted by atomic mass is 32.2. The molecule has 5 heteroatoms. The summed E-state index contributed by atoms with van der Waals surface area (Å²) in [6.07, 6.45) is 3.06. The molecule has 0 spiro atoms. The van der Waals surface area contributed by atoms with Gasteiger partial charge in [-0.05, 0) is 35.4 Å². The molecule has 0 saturated heterocycles. The van der Waals surface area contributed by atoms with E-state index in [1.54, 1.807) is 42.6 Å². The summed E-state index contributed by atoms with van der Waals surface area (Å²) in [7, 11) is -3.60. The Labute approximate surface area is 129 Å². The Kier molecular flexibility index (Phi) is 3.89. The molecule has 0 radical (unpaired) electrons. The maximum absolute atomic E-state index is 12.3. The molecule has 1 N–H and O–H groups in total. The van der Waals surface area contributed by atoms with Crippen LogP contribution in [0.1, 0.15) is 0 Å². The first-order chi connectivity index (χ1) is 10.6. The van der Waals surface area contributed by atoms with E-state index >= 15 is 0 Å². The van der Waals surface area contributed by atoms with Crippen LogP contribution >= 0.6 is 0 Å². The number of benzene rings is 2. The maximum atomic E-state index is 12.3. The van der Waals surface area contributed by atoms with Gasteiger partial charge in [-0.15, -0.1) is 0 Å². The molecule has 0 bridgehead atoms. The first-order valence-electron chi connectivity index (χ1n) is 6.73. The molecular formula is C17H14N2O2S. The summed E-state index contributed by atoms with van der Waals surface area (Å²) in [6, 6.07) is 19.9. The monoisotopic (exact) mass is 310 g/mol. The predicted octanol–water partition coefficient (Wildman–Crippen LogP) is 3.55. The van der Waals surface area contributed by atoms with Gasteiger partial charge in [0.1, 0.15) is 0 Å². The lowest BCUT2D eigenvalue weighted by atomic mass is 10.1. The summed E-state index contributed by atoms with van der Waals surface area (Å²) in [6.45, 7) is 0. The average Bonchev–Trinajstić information content (AvgIpc) is 2.56. The molecule has 0 atom stereocenters. The number of hydrogen-bond acceptors (Lipinski definition) is 3. The molecule has 0 aliphatic rings. The summed E-state index contributed by atoms with van der Waals surface area (Å²) in [5.41, 5.74) is 2.46. The van der Waals surface area contributed by atoms with Gasteiger partial charge in [-0.2, -0.15) is 0 Å². The number of nitrogens with zero attached hydrogens (tertiary/aromatic N) is 1. The molecule has 22 heavy (non-hydrogen) atoms. The van der Waals surface area contributed by atoms with Crippen molar-refractivity contribution in [3.05, 3.63) is 79.1 Å². The minimum absolute atomic E-state index is 0.219. The highest BCUT2D eigenvalue weighted by Gasteiger charge is 2.14. The molecule has 3 aromatic rings. The normalized spacial score (nSPS) is 11.1. The van der Waals surface area contributed by atoms with Crippen LogP contribution in [-0.2, 0) is 10.0 Å². The Morgan fingerprint density at radius 1 is 0.773 bits per heavy atom. The Bertz CT molecular complexity index is 846. The number of aromatic nitrogens is 1. The van der Waals surface area contributed by atoms with Gasteiger partial charge in [-0.25, -0.2) is 8.42 Å². The van der Waals surface area contributed by atoms with Crippen LogP contribution in [0.2, 0.25) is 0 Å². The van der Waals surface area contributed by atoms with Crippen LogP contribution in [0, 0.1) is 0 Å². The fourth-order valence-electron chi connectivity index (χ4n) is 2.09. The van der Waals surface area contributed by atoms with Crippen molar-refractivity contribution in [1.82, 2.24) is 4.98 Å². The highest BCUT2D eigenvalue weighted by Crippen LogP contribution is 2.22. The maximum Gasteiger partial charge on any atom is 0.261 e. The summed E-state index contributed by atoms with van der Waals surface area (Å²) < 4.78 is 27.1. The molecule has 4 nitrogen and oxygen atoms in total. The Balaban J connectivity index is 1.86. The van der Waals surface area contributed by atoms with E-state index in [1.165, 1.54) is 6.20 Å². The van der Waals surface area contributed by atoms with Crippen LogP contribution in [0.15, 0.2) is 84.0 Å². The van der Waals surface area contributed by atoms with E-state index in [4.69, 9.17) is 0 Å². The van der Waals surface area contributed by atoms with Crippen molar-refractivity contribution in [3.8, 4) is 11.1 Å². The van der Waals surface area contributed by atoms with Gasteiger partial charge in [0.2, 0.25) is 0 Å². The van der Waals surface area contributed by atoms with Crippen LogP contribution < -0.4 is 4.72 Å². The second-order valence-corrected chi connectivity index (χ2v) is 6.42. The minimum atomic E-state index is -3.60. The number of sulfonamides is 1. The quantitative estimate of drug-likeness (QED) is 0.801. The largest absolute Gasteiger partial charge is 0.278 e. The number of anilines is 1.